The van der Waals surface area contributed by atoms with E-state index in [-0.39, 0.29) is 6.04 Å². The summed E-state index contributed by atoms with van der Waals surface area (Å²) < 4.78 is 8.24. The van der Waals surface area contributed by atoms with Gasteiger partial charge in [-0.05, 0) is 63.0 Å². The molecule has 2 heterocycles. The molecule has 1 N–H and O–H groups in total. The van der Waals surface area contributed by atoms with Gasteiger partial charge in [-0.1, -0.05) is 25.1 Å². The standard InChI is InChI=1S/C16H15Br2NOS/c1-2-7-19-15(14-9-11(17)16(18)21-14)13-8-10-5-3-4-6-12(10)20-13/h3-6,8-9,15,19H,2,7H2,1H3. The molecule has 110 valence electrons. The molecule has 21 heavy (non-hydrogen) atoms. The maximum atomic E-state index is 6.04. The molecule has 0 bridgehead atoms. The monoisotopic (exact) mass is 427 g/mol. The zero-order valence-corrected chi connectivity index (χ0v) is 15.5. The first-order valence-corrected chi connectivity index (χ1v) is 9.26. The van der Waals surface area contributed by atoms with Crippen LogP contribution in [0.4, 0.5) is 0 Å². The fraction of sp³-hybridized carbons (Fsp3) is 0.250. The smallest absolute Gasteiger partial charge is 0.134 e. The summed E-state index contributed by atoms with van der Waals surface area (Å²) in [5.74, 6) is 0.964. The van der Waals surface area contributed by atoms with Crippen molar-refractivity contribution in [2.24, 2.45) is 0 Å². The molecule has 3 rings (SSSR count). The second kappa shape index (κ2) is 6.65. The lowest BCUT2D eigenvalue weighted by Crippen LogP contribution is -2.21. The van der Waals surface area contributed by atoms with Crippen LogP contribution in [0.1, 0.15) is 30.0 Å². The van der Waals surface area contributed by atoms with Crippen molar-refractivity contribution in [2.45, 2.75) is 19.4 Å². The van der Waals surface area contributed by atoms with Crippen molar-refractivity contribution in [3.05, 3.63) is 55.3 Å². The Kier molecular flexibility index (Phi) is 4.84. The summed E-state index contributed by atoms with van der Waals surface area (Å²) in [7, 11) is 0. The predicted octanol–water partition coefficient (Wildman–Crippen LogP) is 6.11. The molecule has 5 heteroatoms. The largest absolute Gasteiger partial charge is 0.459 e. The highest BCUT2D eigenvalue weighted by molar-refractivity contribution is 9.13. The van der Waals surface area contributed by atoms with E-state index in [1.807, 2.05) is 18.2 Å². The topological polar surface area (TPSA) is 25.2 Å². The minimum Gasteiger partial charge on any atom is -0.459 e. The second-order valence-electron chi connectivity index (χ2n) is 4.84. The van der Waals surface area contributed by atoms with Crippen molar-refractivity contribution in [3.8, 4) is 0 Å². The van der Waals surface area contributed by atoms with Crippen LogP contribution in [0.2, 0.25) is 0 Å². The van der Waals surface area contributed by atoms with Crippen molar-refractivity contribution < 1.29 is 4.42 Å². The van der Waals surface area contributed by atoms with Crippen LogP contribution in [0.3, 0.4) is 0 Å². The molecule has 1 unspecified atom stereocenters. The van der Waals surface area contributed by atoms with Crippen molar-refractivity contribution in [1.82, 2.24) is 5.32 Å². The lowest BCUT2D eigenvalue weighted by atomic mass is 10.1. The van der Waals surface area contributed by atoms with Gasteiger partial charge < -0.3 is 9.73 Å². The zero-order valence-electron chi connectivity index (χ0n) is 11.5. The van der Waals surface area contributed by atoms with E-state index in [4.69, 9.17) is 4.42 Å². The average Bonchev–Trinajstić information content (AvgIpc) is 3.04. The summed E-state index contributed by atoms with van der Waals surface area (Å²) in [6, 6.07) is 12.5. The first kappa shape index (κ1) is 15.3. The zero-order chi connectivity index (χ0) is 14.8. The Morgan fingerprint density at radius 2 is 2.05 bits per heavy atom. The number of thiophene rings is 1. The van der Waals surface area contributed by atoms with Crippen molar-refractivity contribution in [1.29, 1.82) is 0 Å². The highest BCUT2D eigenvalue weighted by atomic mass is 79.9. The molecule has 0 saturated carbocycles. The Labute approximate surface area is 144 Å². The van der Waals surface area contributed by atoms with Crippen LogP contribution in [0, 0.1) is 0 Å². The number of fused-ring (bicyclic) bond motifs is 1. The molecule has 1 aromatic carbocycles. The van der Waals surface area contributed by atoms with Gasteiger partial charge in [0.25, 0.3) is 0 Å². The van der Waals surface area contributed by atoms with Gasteiger partial charge in [0.1, 0.15) is 17.4 Å². The molecule has 0 aliphatic rings. The number of nitrogens with one attached hydrogen (secondary N) is 1. The molecule has 3 aromatic rings. The van der Waals surface area contributed by atoms with Crippen LogP contribution in [0.5, 0.6) is 0 Å². The molecular formula is C16H15Br2NOS. The van der Waals surface area contributed by atoms with Gasteiger partial charge in [0.05, 0.1) is 3.79 Å². The third-order valence-corrected chi connectivity index (χ3v) is 6.60. The molecule has 0 fully saturated rings. The summed E-state index contributed by atoms with van der Waals surface area (Å²) >= 11 is 8.86. The summed E-state index contributed by atoms with van der Waals surface area (Å²) in [5, 5.41) is 4.72. The number of hydrogen-bond acceptors (Lipinski definition) is 3. The van der Waals surface area contributed by atoms with E-state index in [0.29, 0.717) is 0 Å². The molecule has 0 radical (unpaired) electrons. The predicted molar refractivity (Wildman–Crippen MR) is 96.1 cm³/mol. The summed E-state index contributed by atoms with van der Waals surface area (Å²) in [6.45, 7) is 3.12. The highest BCUT2D eigenvalue weighted by Gasteiger charge is 2.21. The number of para-hydroxylation sites is 1. The summed E-state index contributed by atoms with van der Waals surface area (Å²) in [6.07, 6.45) is 1.09. The van der Waals surface area contributed by atoms with Crippen LogP contribution in [-0.4, -0.2) is 6.54 Å². The number of furan rings is 1. The maximum Gasteiger partial charge on any atom is 0.134 e. The molecule has 0 aliphatic heterocycles. The fourth-order valence-corrected chi connectivity index (χ4v) is 4.45. The van der Waals surface area contributed by atoms with Gasteiger partial charge in [-0.25, -0.2) is 0 Å². The Balaban J connectivity index is 2.01. The first-order chi connectivity index (χ1) is 10.2. The second-order valence-corrected chi connectivity index (χ2v) is 8.10. The van der Waals surface area contributed by atoms with Gasteiger partial charge in [-0.15, -0.1) is 11.3 Å². The highest BCUT2D eigenvalue weighted by Crippen LogP contribution is 2.38. The average molecular weight is 429 g/mol. The van der Waals surface area contributed by atoms with Gasteiger partial charge in [-0.2, -0.15) is 0 Å². The van der Waals surface area contributed by atoms with E-state index in [1.54, 1.807) is 11.3 Å². The number of hydrogen-bond donors (Lipinski definition) is 1. The molecule has 0 saturated heterocycles. The van der Waals surface area contributed by atoms with Crippen molar-refractivity contribution >= 4 is 54.2 Å². The first-order valence-electron chi connectivity index (χ1n) is 6.85. The van der Waals surface area contributed by atoms with E-state index in [2.05, 4.69) is 62.3 Å². The van der Waals surface area contributed by atoms with E-state index >= 15 is 0 Å². The Morgan fingerprint density at radius 1 is 1.24 bits per heavy atom. The van der Waals surface area contributed by atoms with E-state index in [0.717, 1.165) is 38.0 Å². The lowest BCUT2D eigenvalue weighted by molar-refractivity contribution is 0.473. The van der Waals surface area contributed by atoms with E-state index in [9.17, 15) is 0 Å². The third kappa shape index (κ3) is 3.26. The number of rotatable bonds is 5. The molecule has 1 atom stereocenters. The van der Waals surface area contributed by atoms with Crippen LogP contribution in [0.25, 0.3) is 11.0 Å². The maximum absolute atomic E-state index is 6.04. The molecule has 0 spiro atoms. The lowest BCUT2D eigenvalue weighted by Gasteiger charge is -2.14. The Morgan fingerprint density at radius 3 is 2.71 bits per heavy atom. The van der Waals surface area contributed by atoms with Crippen LogP contribution in [0.15, 0.2) is 49.1 Å². The van der Waals surface area contributed by atoms with Gasteiger partial charge >= 0.3 is 0 Å². The molecular weight excluding hydrogens is 414 g/mol. The minimum atomic E-state index is 0.0879. The van der Waals surface area contributed by atoms with Crippen molar-refractivity contribution in [2.75, 3.05) is 6.54 Å². The Hall–Kier alpha value is -0.620. The SMILES string of the molecule is CCCNC(c1cc2ccccc2o1)c1cc(Br)c(Br)s1. The van der Waals surface area contributed by atoms with E-state index < -0.39 is 0 Å². The van der Waals surface area contributed by atoms with Gasteiger partial charge in [0.15, 0.2) is 0 Å². The third-order valence-electron chi connectivity index (χ3n) is 3.28. The quantitative estimate of drug-likeness (QED) is 0.530. The molecule has 2 aromatic heterocycles. The summed E-state index contributed by atoms with van der Waals surface area (Å²) in [5.41, 5.74) is 0.936. The van der Waals surface area contributed by atoms with Crippen LogP contribution < -0.4 is 5.32 Å². The minimum absolute atomic E-state index is 0.0879. The fourth-order valence-electron chi connectivity index (χ4n) is 2.28. The van der Waals surface area contributed by atoms with Crippen LogP contribution in [-0.2, 0) is 0 Å². The number of benzene rings is 1. The van der Waals surface area contributed by atoms with Crippen LogP contribution >= 0.6 is 43.2 Å². The van der Waals surface area contributed by atoms with E-state index in [1.165, 1.54) is 4.88 Å². The van der Waals surface area contributed by atoms with Gasteiger partial charge in [-0.3, -0.25) is 0 Å². The summed E-state index contributed by atoms with van der Waals surface area (Å²) in [4.78, 5) is 1.24. The molecule has 0 aliphatic carbocycles. The van der Waals surface area contributed by atoms with Crippen molar-refractivity contribution in [3.63, 3.8) is 0 Å². The Bertz CT molecular complexity index is 697. The normalized spacial score (nSPS) is 12.9. The van der Waals surface area contributed by atoms with Gasteiger partial charge in [0.2, 0.25) is 0 Å². The van der Waals surface area contributed by atoms with Gasteiger partial charge in [0, 0.05) is 14.7 Å². The molecule has 0 amide bonds. The number of halogens is 2. The molecule has 2 nitrogen and oxygen atoms in total.